The molecule has 1 unspecified atom stereocenters. The summed E-state index contributed by atoms with van der Waals surface area (Å²) in [6, 6.07) is 2.97. The number of nitrogens with zero attached hydrogens (tertiary/aromatic N) is 1. The summed E-state index contributed by atoms with van der Waals surface area (Å²) in [6.07, 6.45) is -0.0428. The lowest BCUT2D eigenvalue weighted by Crippen LogP contribution is -2.26. The molecule has 0 aliphatic carbocycles. The Morgan fingerprint density at radius 2 is 2.11 bits per heavy atom. The minimum Gasteiger partial charge on any atom is -0.481 e. The molecule has 1 saturated heterocycles. The molecule has 18 heavy (non-hydrogen) atoms. The number of anilines is 2. The van der Waals surface area contributed by atoms with Crippen LogP contribution in [0, 0.1) is 5.92 Å². The maximum Gasteiger partial charge on any atom is 0.308 e. The highest BCUT2D eigenvalue weighted by Crippen LogP contribution is 2.36. The van der Waals surface area contributed by atoms with Crippen LogP contribution in [0.15, 0.2) is 12.1 Å². The Hall–Kier alpha value is -1.46. The number of benzene rings is 1. The third-order valence-electron chi connectivity index (χ3n) is 2.84. The van der Waals surface area contributed by atoms with Gasteiger partial charge in [0.1, 0.15) is 0 Å². The fourth-order valence-corrected chi connectivity index (χ4v) is 2.38. The van der Waals surface area contributed by atoms with Gasteiger partial charge in [-0.1, -0.05) is 23.2 Å². The summed E-state index contributed by atoms with van der Waals surface area (Å²) in [6.45, 7) is 0.0784. The second kappa shape index (κ2) is 4.66. The van der Waals surface area contributed by atoms with Gasteiger partial charge in [0.05, 0.1) is 22.3 Å². The normalized spacial score (nSPS) is 19.3. The van der Waals surface area contributed by atoms with Gasteiger partial charge >= 0.3 is 5.97 Å². The monoisotopic (exact) mass is 288 g/mol. The van der Waals surface area contributed by atoms with E-state index in [0.29, 0.717) is 10.7 Å². The highest BCUT2D eigenvalue weighted by atomic mass is 35.5. The summed E-state index contributed by atoms with van der Waals surface area (Å²) < 4.78 is 0. The van der Waals surface area contributed by atoms with Crippen molar-refractivity contribution in [2.75, 3.05) is 17.2 Å². The molecular weight excluding hydrogens is 279 g/mol. The number of carboxylic acid groups (broad SMARTS) is 1. The molecule has 1 amide bonds. The summed E-state index contributed by atoms with van der Waals surface area (Å²) in [4.78, 5) is 24.0. The van der Waals surface area contributed by atoms with Crippen molar-refractivity contribution in [2.45, 2.75) is 6.42 Å². The number of halogens is 2. The van der Waals surface area contributed by atoms with E-state index in [-0.39, 0.29) is 29.6 Å². The Labute approximate surface area is 113 Å². The predicted molar refractivity (Wildman–Crippen MR) is 69.0 cm³/mol. The van der Waals surface area contributed by atoms with Crippen molar-refractivity contribution < 1.29 is 14.7 Å². The van der Waals surface area contributed by atoms with E-state index in [2.05, 4.69) is 0 Å². The van der Waals surface area contributed by atoms with Gasteiger partial charge in [0.2, 0.25) is 5.91 Å². The minimum atomic E-state index is -1.00. The van der Waals surface area contributed by atoms with Gasteiger partial charge in [-0.3, -0.25) is 9.59 Å². The van der Waals surface area contributed by atoms with E-state index in [4.69, 9.17) is 34.0 Å². The third-order valence-corrected chi connectivity index (χ3v) is 3.37. The van der Waals surface area contributed by atoms with E-state index in [1.807, 2.05) is 0 Å². The maximum absolute atomic E-state index is 11.8. The molecule has 2 rings (SSSR count). The number of nitrogen functional groups attached to an aromatic ring is 1. The van der Waals surface area contributed by atoms with Gasteiger partial charge in [0.25, 0.3) is 0 Å². The van der Waals surface area contributed by atoms with E-state index in [1.165, 1.54) is 17.0 Å². The minimum absolute atomic E-state index is 0.0428. The van der Waals surface area contributed by atoms with Crippen molar-refractivity contribution in [1.82, 2.24) is 0 Å². The maximum atomic E-state index is 11.8. The zero-order chi connectivity index (χ0) is 13.4. The smallest absolute Gasteiger partial charge is 0.308 e. The molecule has 0 saturated carbocycles. The highest BCUT2D eigenvalue weighted by Gasteiger charge is 2.36. The summed E-state index contributed by atoms with van der Waals surface area (Å²) in [5, 5.41) is 9.50. The lowest BCUT2D eigenvalue weighted by atomic mass is 10.1. The molecule has 96 valence electrons. The topological polar surface area (TPSA) is 83.6 Å². The summed E-state index contributed by atoms with van der Waals surface area (Å²) in [5.74, 6) is -2.03. The number of amides is 1. The van der Waals surface area contributed by atoms with Gasteiger partial charge in [-0.15, -0.1) is 0 Å². The molecule has 1 aliphatic heterocycles. The SMILES string of the molecule is Nc1c(Cl)cc(Cl)cc1N1CC(C(=O)O)CC1=O. The quantitative estimate of drug-likeness (QED) is 0.816. The summed E-state index contributed by atoms with van der Waals surface area (Å²) in [5.41, 5.74) is 6.37. The number of nitrogens with two attached hydrogens (primary N) is 1. The van der Waals surface area contributed by atoms with Crippen molar-refractivity contribution >= 4 is 46.5 Å². The molecule has 1 atom stereocenters. The van der Waals surface area contributed by atoms with E-state index in [0.717, 1.165) is 0 Å². The molecule has 0 bridgehead atoms. The van der Waals surface area contributed by atoms with E-state index in [9.17, 15) is 9.59 Å². The first-order valence-electron chi connectivity index (χ1n) is 5.18. The standard InChI is InChI=1S/C11H10Cl2N2O3/c12-6-2-7(13)10(14)8(3-6)15-4-5(11(17)18)1-9(15)16/h2-3,5H,1,4,14H2,(H,17,18). The molecule has 1 fully saturated rings. The molecule has 1 heterocycles. The molecule has 7 heteroatoms. The molecule has 0 radical (unpaired) electrons. The van der Waals surface area contributed by atoms with Crippen molar-refractivity contribution in [3.05, 3.63) is 22.2 Å². The summed E-state index contributed by atoms with van der Waals surface area (Å²) >= 11 is 11.7. The predicted octanol–water partition coefficient (Wildman–Crippen LogP) is 2.01. The molecule has 3 N–H and O–H groups in total. The number of hydrogen-bond acceptors (Lipinski definition) is 3. The molecule has 0 spiro atoms. The van der Waals surface area contributed by atoms with Crippen LogP contribution in [0.3, 0.4) is 0 Å². The largest absolute Gasteiger partial charge is 0.481 e. The second-order valence-corrected chi connectivity index (χ2v) is 4.91. The first kappa shape index (κ1) is 13.0. The van der Waals surface area contributed by atoms with Crippen LogP contribution in [0.25, 0.3) is 0 Å². The fourth-order valence-electron chi connectivity index (χ4n) is 1.90. The molecule has 1 aliphatic rings. The van der Waals surface area contributed by atoms with Gasteiger partial charge in [0.15, 0.2) is 0 Å². The highest BCUT2D eigenvalue weighted by molar-refractivity contribution is 6.37. The number of carbonyl (C=O) groups excluding carboxylic acids is 1. The lowest BCUT2D eigenvalue weighted by molar-refractivity contribution is -0.141. The van der Waals surface area contributed by atoms with Gasteiger partial charge in [-0.05, 0) is 12.1 Å². The van der Waals surface area contributed by atoms with Crippen LogP contribution in [0.2, 0.25) is 10.0 Å². The van der Waals surface area contributed by atoms with Gasteiger partial charge < -0.3 is 15.7 Å². The van der Waals surface area contributed by atoms with E-state index in [1.54, 1.807) is 0 Å². The van der Waals surface area contributed by atoms with Gasteiger partial charge in [-0.25, -0.2) is 0 Å². The number of carboxylic acids is 1. The van der Waals surface area contributed by atoms with Crippen LogP contribution in [0.4, 0.5) is 11.4 Å². The Kier molecular flexibility index (Phi) is 3.36. The van der Waals surface area contributed by atoms with Crippen molar-refractivity contribution in [2.24, 2.45) is 5.92 Å². The number of aliphatic carboxylic acids is 1. The second-order valence-electron chi connectivity index (χ2n) is 4.06. The van der Waals surface area contributed by atoms with Crippen LogP contribution >= 0.6 is 23.2 Å². The zero-order valence-corrected chi connectivity index (χ0v) is 10.7. The molecule has 1 aromatic rings. The van der Waals surface area contributed by atoms with Gasteiger partial charge in [-0.2, -0.15) is 0 Å². The van der Waals surface area contributed by atoms with Crippen LogP contribution in [0.5, 0.6) is 0 Å². The van der Waals surface area contributed by atoms with Crippen LogP contribution in [0.1, 0.15) is 6.42 Å². The van der Waals surface area contributed by atoms with E-state index < -0.39 is 11.9 Å². The van der Waals surface area contributed by atoms with Crippen LogP contribution in [-0.4, -0.2) is 23.5 Å². The fraction of sp³-hybridized carbons (Fsp3) is 0.273. The van der Waals surface area contributed by atoms with Crippen LogP contribution in [-0.2, 0) is 9.59 Å². The zero-order valence-electron chi connectivity index (χ0n) is 9.19. The molecular formula is C11H10Cl2N2O3. The average molecular weight is 289 g/mol. The van der Waals surface area contributed by atoms with Gasteiger partial charge in [0, 0.05) is 18.0 Å². The first-order valence-corrected chi connectivity index (χ1v) is 5.93. The Bertz CT molecular complexity index is 533. The Balaban J connectivity index is 2.38. The Morgan fingerprint density at radius 3 is 2.67 bits per heavy atom. The Morgan fingerprint density at radius 1 is 1.44 bits per heavy atom. The lowest BCUT2D eigenvalue weighted by Gasteiger charge is -2.19. The average Bonchev–Trinajstić information content (AvgIpc) is 2.66. The third kappa shape index (κ3) is 2.23. The van der Waals surface area contributed by atoms with Crippen molar-refractivity contribution in [3.63, 3.8) is 0 Å². The molecule has 0 aromatic heterocycles. The number of hydrogen-bond donors (Lipinski definition) is 2. The number of rotatable bonds is 2. The summed E-state index contributed by atoms with van der Waals surface area (Å²) in [7, 11) is 0. The van der Waals surface area contributed by atoms with Crippen LogP contribution < -0.4 is 10.6 Å². The molecule has 1 aromatic carbocycles. The molecule has 5 nitrogen and oxygen atoms in total. The first-order chi connectivity index (χ1) is 8.40. The number of carbonyl (C=O) groups is 2. The van der Waals surface area contributed by atoms with Crippen molar-refractivity contribution in [3.8, 4) is 0 Å². The van der Waals surface area contributed by atoms with Crippen molar-refractivity contribution in [1.29, 1.82) is 0 Å². The van der Waals surface area contributed by atoms with E-state index >= 15 is 0 Å².